The van der Waals surface area contributed by atoms with Crippen LogP contribution in [0.1, 0.15) is 39.2 Å². The molecule has 122 valence electrons. The first-order chi connectivity index (χ1) is 10.3. The molecule has 5 nitrogen and oxygen atoms in total. The van der Waals surface area contributed by atoms with E-state index in [-0.39, 0.29) is 18.2 Å². The number of nitrogens with one attached hydrogen (secondary N) is 1. The fourth-order valence-electron chi connectivity index (χ4n) is 2.45. The van der Waals surface area contributed by atoms with Crippen molar-refractivity contribution in [2.24, 2.45) is 0 Å². The van der Waals surface area contributed by atoms with Gasteiger partial charge in [0.1, 0.15) is 5.60 Å². The average Bonchev–Trinajstić information content (AvgIpc) is 2.40. The van der Waals surface area contributed by atoms with Crippen molar-refractivity contribution >= 4 is 6.09 Å². The third kappa shape index (κ3) is 4.71. The molecule has 1 fully saturated rings. The third-order valence-electron chi connectivity index (χ3n) is 3.60. The summed E-state index contributed by atoms with van der Waals surface area (Å²) < 4.78 is 11.2. The Morgan fingerprint density at radius 3 is 2.50 bits per heavy atom. The van der Waals surface area contributed by atoms with Gasteiger partial charge >= 0.3 is 6.09 Å². The lowest BCUT2D eigenvalue weighted by molar-refractivity contribution is -0.164. The van der Waals surface area contributed by atoms with Crippen molar-refractivity contribution in [3.05, 3.63) is 35.9 Å². The quantitative estimate of drug-likeness (QED) is 0.877. The molecule has 1 amide bonds. The summed E-state index contributed by atoms with van der Waals surface area (Å²) in [6.45, 7) is 5.99. The van der Waals surface area contributed by atoms with Crippen LogP contribution in [0.5, 0.6) is 0 Å². The molecule has 1 aliphatic rings. The number of ether oxygens (including phenoxy) is 2. The maximum absolute atomic E-state index is 11.8. The largest absolute Gasteiger partial charge is 0.440 e. The number of aliphatic hydroxyl groups is 1. The zero-order valence-corrected chi connectivity index (χ0v) is 13.5. The summed E-state index contributed by atoms with van der Waals surface area (Å²) in [5, 5.41) is 12.3. The van der Waals surface area contributed by atoms with Gasteiger partial charge in [-0.2, -0.15) is 0 Å². The summed E-state index contributed by atoms with van der Waals surface area (Å²) >= 11 is 0. The van der Waals surface area contributed by atoms with Gasteiger partial charge in [-0.05, 0) is 26.3 Å². The number of benzene rings is 1. The normalized spacial score (nSPS) is 24.5. The average molecular weight is 307 g/mol. The van der Waals surface area contributed by atoms with Crippen LogP contribution in [0.4, 0.5) is 4.79 Å². The van der Waals surface area contributed by atoms with Crippen LogP contribution in [0.25, 0.3) is 0 Å². The van der Waals surface area contributed by atoms with Gasteiger partial charge in [-0.1, -0.05) is 30.3 Å². The molecule has 2 rings (SSSR count). The second kappa shape index (κ2) is 6.67. The summed E-state index contributed by atoms with van der Waals surface area (Å²) in [4.78, 5) is 11.8. The Morgan fingerprint density at radius 2 is 1.95 bits per heavy atom. The number of rotatable bonds is 5. The SMILES string of the molecule is CC(C)(C)NC(=O)OC1(CO)CC(OCc2ccccc2)C1. The Balaban J connectivity index is 1.77. The second-order valence-corrected chi connectivity index (χ2v) is 6.93. The second-order valence-electron chi connectivity index (χ2n) is 6.93. The van der Waals surface area contributed by atoms with Crippen molar-refractivity contribution < 1.29 is 19.4 Å². The van der Waals surface area contributed by atoms with Gasteiger partial charge < -0.3 is 19.9 Å². The van der Waals surface area contributed by atoms with E-state index in [4.69, 9.17) is 9.47 Å². The fourth-order valence-corrected chi connectivity index (χ4v) is 2.45. The minimum atomic E-state index is -0.809. The molecular weight excluding hydrogens is 282 g/mol. The summed E-state index contributed by atoms with van der Waals surface area (Å²) in [6, 6.07) is 9.91. The summed E-state index contributed by atoms with van der Waals surface area (Å²) in [6.07, 6.45) is 0.555. The molecule has 0 bridgehead atoms. The molecule has 0 saturated heterocycles. The van der Waals surface area contributed by atoms with Crippen LogP contribution in [-0.4, -0.2) is 35.1 Å². The molecule has 1 saturated carbocycles. The van der Waals surface area contributed by atoms with E-state index in [0.29, 0.717) is 19.4 Å². The van der Waals surface area contributed by atoms with Gasteiger partial charge in [-0.15, -0.1) is 0 Å². The Labute approximate surface area is 131 Å². The van der Waals surface area contributed by atoms with Crippen molar-refractivity contribution in [3.8, 4) is 0 Å². The Bertz CT molecular complexity index is 489. The Hall–Kier alpha value is -1.59. The first-order valence-corrected chi connectivity index (χ1v) is 7.59. The Kier molecular flexibility index (Phi) is 5.08. The molecule has 0 aliphatic heterocycles. The minimum absolute atomic E-state index is 0.00907. The fraction of sp³-hybridized carbons (Fsp3) is 0.588. The number of aliphatic hydroxyl groups excluding tert-OH is 1. The van der Waals surface area contributed by atoms with Crippen LogP contribution in [0, 0.1) is 0 Å². The van der Waals surface area contributed by atoms with Crippen molar-refractivity contribution in [2.75, 3.05) is 6.61 Å². The van der Waals surface area contributed by atoms with Crippen molar-refractivity contribution in [1.82, 2.24) is 5.32 Å². The van der Waals surface area contributed by atoms with Crippen LogP contribution in [0.3, 0.4) is 0 Å². The smallest absolute Gasteiger partial charge is 0.408 e. The molecule has 1 aromatic rings. The predicted molar refractivity (Wildman–Crippen MR) is 83.4 cm³/mol. The minimum Gasteiger partial charge on any atom is -0.440 e. The lowest BCUT2D eigenvalue weighted by Crippen LogP contribution is -2.56. The molecule has 22 heavy (non-hydrogen) atoms. The van der Waals surface area contributed by atoms with Gasteiger partial charge in [-0.25, -0.2) is 4.79 Å². The number of hydrogen-bond acceptors (Lipinski definition) is 4. The molecule has 0 unspecified atom stereocenters. The van der Waals surface area contributed by atoms with Crippen molar-refractivity contribution in [2.45, 2.75) is 57.5 Å². The number of hydrogen-bond donors (Lipinski definition) is 2. The standard InChI is InChI=1S/C17H25NO4/c1-16(2,3)18-15(20)22-17(12-19)9-14(10-17)21-11-13-7-5-4-6-8-13/h4-8,14,19H,9-12H2,1-3H3,(H,18,20). The predicted octanol–water partition coefficient (Wildman–Crippen LogP) is 2.62. The van der Waals surface area contributed by atoms with Crippen molar-refractivity contribution in [1.29, 1.82) is 0 Å². The third-order valence-corrected chi connectivity index (χ3v) is 3.60. The Morgan fingerprint density at radius 1 is 1.32 bits per heavy atom. The zero-order valence-electron chi connectivity index (χ0n) is 13.5. The topological polar surface area (TPSA) is 67.8 Å². The van der Waals surface area contributed by atoms with E-state index in [1.54, 1.807) is 0 Å². The van der Waals surface area contributed by atoms with Crippen LogP contribution in [-0.2, 0) is 16.1 Å². The molecule has 0 heterocycles. The molecular formula is C17H25NO4. The van der Waals surface area contributed by atoms with E-state index in [1.807, 2.05) is 51.1 Å². The summed E-state index contributed by atoms with van der Waals surface area (Å²) in [5.41, 5.74) is -0.0624. The van der Waals surface area contributed by atoms with Gasteiger partial charge in [0.2, 0.25) is 0 Å². The molecule has 1 aromatic carbocycles. The van der Waals surface area contributed by atoms with Gasteiger partial charge in [0.05, 0.1) is 19.3 Å². The number of carbonyl (C=O) groups excluding carboxylic acids is 1. The van der Waals surface area contributed by atoms with E-state index in [2.05, 4.69) is 5.32 Å². The van der Waals surface area contributed by atoms with Crippen LogP contribution < -0.4 is 5.32 Å². The summed E-state index contributed by atoms with van der Waals surface area (Å²) in [5.74, 6) is 0. The van der Waals surface area contributed by atoms with Gasteiger partial charge in [0, 0.05) is 18.4 Å². The van der Waals surface area contributed by atoms with Gasteiger partial charge in [0.15, 0.2) is 0 Å². The van der Waals surface area contributed by atoms with Crippen LogP contribution >= 0.6 is 0 Å². The zero-order chi connectivity index (χ0) is 16.2. The monoisotopic (exact) mass is 307 g/mol. The highest BCUT2D eigenvalue weighted by molar-refractivity contribution is 5.68. The van der Waals surface area contributed by atoms with E-state index in [1.165, 1.54) is 0 Å². The van der Waals surface area contributed by atoms with E-state index in [0.717, 1.165) is 5.56 Å². The molecule has 1 aliphatic carbocycles. The first kappa shape index (κ1) is 16.8. The van der Waals surface area contributed by atoms with Crippen molar-refractivity contribution in [3.63, 3.8) is 0 Å². The highest BCUT2D eigenvalue weighted by Crippen LogP contribution is 2.38. The van der Waals surface area contributed by atoms with Crippen LogP contribution in [0.15, 0.2) is 30.3 Å². The number of amides is 1. The van der Waals surface area contributed by atoms with E-state index >= 15 is 0 Å². The highest BCUT2D eigenvalue weighted by atomic mass is 16.6. The molecule has 2 N–H and O–H groups in total. The highest BCUT2D eigenvalue weighted by Gasteiger charge is 2.48. The lowest BCUT2D eigenvalue weighted by atomic mass is 9.77. The van der Waals surface area contributed by atoms with Gasteiger partial charge in [-0.3, -0.25) is 0 Å². The number of carbonyl (C=O) groups is 1. The molecule has 0 radical (unpaired) electrons. The maximum atomic E-state index is 11.8. The summed E-state index contributed by atoms with van der Waals surface area (Å²) in [7, 11) is 0. The van der Waals surface area contributed by atoms with E-state index in [9.17, 15) is 9.90 Å². The maximum Gasteiger partial charge on any atom is 0.408 e. The molecule has 0 atom stereocenters. The van der Waals surface area contributed by atoms with Gasteiger partial charge in [0.25, 0.3) is 0 Å². The lowest BCUT2D eigenvalue weighted by Gasteiger charge is -2.45. The van der Waals surface area contributed by atoms with E-state index < -0.39 is 11.7 Å². The molecule has 5 heteroatoms. The number of alkyl carbamates (subject to hydrolysis) is 1. The van der Waals surface area contributed by atoms with Crippen LogP contribution in [0.2, 0.25) is 0 Å². The molecule has 0 spiro atoms. The molecule has 0 aromatic heterocycles. The first-order valence-electron chi connectivity index (χ1n) is 7.59.